The van der Waals surface area contributed by atoms with Gasteiger partial charge in [-0.3, -0.25) is 9.69 Å². The molecular weight excluding hydrogens is 288 g/mol. The molecule has 2 fully saturated rings. The van der Waals surface area contributed by atoms with Gasteiger partial charge in [-0.1, -0.05) is 13.8 Å². The Morgan fingerprint density at radius 3 is 2.65 bits per heavy atom. The van der Waals surface area contributed by atoms with E-state index >= 15 is 0 Å². The number of hydrogen-bond donors (Lipinski definition) is 1. The Labute approximate surface area is 142 Å². The molecule has 2 saturated heterocycles. The normalized spacial score (nSPS) is 25.5. The first-order chi connectivity index (χ1) is 11.0. The van der Waals surface area contributed by atoms with E-state index in [2.05, 4.69) is 40.9 Å². The van der Waals surface area contributed by atoms with Crippen LogP contribution in [0.5, 0.6) is 0 Å². The molecule has 5 heteroatoms. The van der Waals surface area contributed by atoms with E-state index in [1.807, 2.05) is 0 Å². The Morgan fingerprint density at radius 2 is 1.87 bits per heavy atom. The van der Waals surface area contributed by atoms with Crippen LogP contribution in [0.25, 0.3) is 0 Å². The third-order valence-corrected chi connectivity index (χ3v) is 4.99. The molecule has 0 aliphatic carbocycles. The molecule has 0 aromatic carbocycles. The quantitative estimate of drug-likeness (QED) is 0.794. The molecule has 1 amide bonds. The van der Waals surface area contributed by atoms with Crippen molar-refractivity contribution in [3.8, 4) is 0 Å². The highest BCUT2D eigenvalue weighted by molar-refractivity contribution is 5.78. The van der Waals surface area contributed by atoms with E-state index < -0.39 is 0 Å². The van der Waals surface area contributed by atoms with Gasteiger partial charge < -0.3 is 15.1 Å². The summed E-state index contributed by atoms with van der Waals surface area (Å²) in [6.45, 7) is 13.8. The number of nitrogens with one attached hydrogen (secondary N) is 1. The molecule has 0 unspecified atom stereocenters. The highest BCUT2D eigenvalue weighted by Crippen LogP contribution is 2.16. The number of rotatable bonds is 6. The van der Waals surface area contributed by atoms with Crippen LogP contribution in [-0.4, -0.2) is 86.6 Å². The molecule has 1 N–H and O–H groups in total. The first-order valence-electron chi connectivity index (χ1n) is 9.43. The molecule has 0 radical (unpaired) electrons. The number of likely N-dealkylation sites (N-methyl/N-ethyl adjacent to an activating group) is 1. The van der Waals surface area contributed by atoms with Crippen LogP contribution < -0.4 is 5.32 Å². The highest BCUT2D eigenvalue weighted by Gasteiger charge is 2.21. The number of likely N-dealkylation sites (tertiary alicyclic amines) is 1. The van der Waals surface area contributed by atoms with Crippen molar-refractivity contribution >= 4 is 5.91 Å². The minimum atomic E-state index is 0.204. The van der Waals surface area contributed by atoms with Gasteiger partial charge in [0.25, 0.3) is 0 Å². The maximum Gasteiger partial charge on any atom is 0.234 e. The van der Waals surface area contributed by atoms with Gasteiger partial charge in [0.15, 0.2) is 0 Å². The van der Waals surface area contributed by atoms with Gasteiger partial charge in [-0.15, -0.1) is 0 Å². The third-order valence-electron chi connectivity index (χ3n) is 4.99. The van der Waals surface area contributed by atoms with Gasteiger partial charge in [0.05, 0.1) is 6.54 Å². The van der Waals surface area contributed by atoms with Crippen molar-refractivity contribution in [1.82, 2.24) is 20.0 Å². The van der Waals surface area contributed by atoms with Crippen LogP contribution in [-0.2, 0) is 4.79 Å². The van der Waals surface area contributed by atoms with Crippen LogP contribution in [0.3, 0.4) is 0 Å². The average molecular weight is 325 g/mol. The Kier molecular flexibility index (Phi) is 7.80. The minimum Gasteiger partial charge on any atom is -0.355 e. The Bertz CT molecular complexity index is 361. The zero-order chi connectivity index (χ0) is 16.7. The summed E-state index contributed by atoms with van der Waals surface area (Å²) >= 11 is 0. The summed E-state index contributed by atoms with van der Waals surface area (Å²) in [5, 5.41) is 3.18. The van der Waals surface area contributed by atoms with E-state index in [1.54, 1.807) is 0 Å². The summed E-state index contributed by atoms with van der Waals surface area (Å²) in [7, 11) is 2.16. The van der Waals surface area contributed by atoms with Gasteiger partial charge in [0.1, 0.15) is 0 Å². The molecule has 134 valence electrons. The van der Waals surface area contributed by atoms with Gasteiger partial charge >= 0.3 is 0 Å². The molecule has 23 heavy (non-hydrogen) atoms. The first-order valence-corrected chi connectivity index (χ1v) is 9.43. The standard InChI is InChI=1S/C18H36N4O/c1-16(2)13-22-8-4-6-17(14-22)12-19-18(23)15-21-9-5-7-20(3)10-11-21/h16-17H,4-15H2,1-3H3,(H,19,23)/t17-/m1/s1. The number of hydrogen-bond acceptors (Lipinski definition) is 4. The van der Waals surface area contributed by atoms with E-state index in [0.29, 0.717) is 12.5 Å². The van der Waals surface area contributed by atoms with Crippen molar-refractivity contribution in [1.29, 1.82) is 0 Å². The lowest BCUT2D eigenvalue weighted by Crippen LogP contribution is -2.44. The van der Waals surface area contributed by atoms with Crippen molar-refractivity contribution in [2.45, 2.75) is 33.1 Å². The Hall–Kier alpha value is -0.650. The van der Waals surface area contributed by atoms with Gasteiger partial charge in [0, 0.05) is 32.7 Å². The topological polar surface area (TPSA) is 38.8 Å². The number of nitrogens with zero attached hydrogens (tertiary/aromatic N) is 3. The number of amides is 1. The van der Waals surface area contributed by atoms with Gasteiger partial charge in [-0.2, -0.15) is 0 Å². The lowest BCUT2D eigenvalue weighted by molar-refractivity contribution is -0.122. The SMILES string of the molecule is CC(C)CN1CCC[C@H](CNC(=O)CN2CCCN(C)CC2)C1. The minimum absolute atomic E-state index is 0.204. The maximum absolute atomic E-state index is 12.2. The van der Waals surface area contributed by atoms with Crippen LogP contribution in [0.1, 0.15) is 33.1 Å². The maximum atomic E-state index is 12.2. The number of carbonyl (C=O) groups excluding carboxylic acids is 1. The summed E-state index contributed by atoms with van der Waals surface area (Å²) in [6, 6.07) is 0. The fraction of sp³-hybridized carbons (Fsp3) is 0.944. The predicted octanol–water partition coefficient (Wildman–Crippen LogP) is 1.11. The van der Waals surface area contributed by atoms with Gasteiger partial charge in [-0.05, 0) is 57.8 Å². The zero-order valence-electron chi connectivity index (χ0n) is 15.4. The zero-order valence-corrected chi connectivity index (χ0v) is 15.4. The molecule has 2 heterocycles. The summed E-state index contributed by atoms with van der Waals surface area (Å²) in [5.41, 5.74) is 0. The summed E-state index contributed by atoms with van der Waals surface area (Å²) in [5.74, 6) is 1.56. The van der Waals surface area contributed by atoms with E-state index in [1.165, 1.54) is 25.9 Å². The largest absolute Gasteiger partial charge is 0.355 e. The predicted molar refractivity (Wildman–Crippen MR) is 95.6 cm³/mol. The molecule has 0 bridgehead atoms. The number of carbonyl (C=O) groups is 1. The lowest BCUT2D eigenvalue weighted by Gasteiger charge is -2.34. The number of piperidine rings is 1. The second kappa shape index (κ2) is 9.60. The molecule has 0 spiro atoms. The van der Waals surface area contributed by atoms with E-state index in [0.717, 1.165) is 51.6 Å². The smallest absolute Gasteiger partial charge is 0.234 e. The van der Waals surface area contributed by atoms with Crippen LogP contribution >= 0.6 is 0 Å². The van der Waals surface area contributed by atoms with Crippen LogP contribution in [0.2, 0.25) is 0 Å². The lowest BCUT2D eigenvalue weighted by atomic mass is 9.97. The molecular formula is C18H36N4O. The Balaban J connectivity index is 1.65. The van der Waals surface area contributed by atoms with Crippen LogP contribution in [0.4, 0.5) is 0 Å². The monoisotopic (exact) mass is 324 g/mol. The molecule has 1 atom stereocenters. The summed E-state index contributed by atoms with van der Waals surface area (Å²) in [4.78, 5) is 19.4. The second-order valence-electron chi connectivity index (χ2n) is 7.90. The summed E-state index contributed by atoms with van der Waals surface area (Å²) in [6.07, 6.45) is 3.69. The molecule has 0 saturated carbocycles. The molecule has 0 aromatic rings. The molecule has 2 rings (SSSR count). The fourth-order valence-electron chi connectivity index (χ4n) is 3.78. The first kappa shape index (κ1) is 18.7. The highest BCUT2D eigenvalue weighted by atomic mass is 16.2. The third kappa shape index (κ3) is 7.19. The van der Waals surface area contributed by atoms with E-state index in [9.17, 15) is 4.79 Å². The fourth-order valence-corrected chi connectivity index (χ4v) is 3.78. The van der Waals surface area contributed by atoms with Crippen molar-refractivity contribution in [2.24, 2.45) is 11.8 Å². The summed E-state index contributed by atoms with van der Waals surface area (Å²) < 4.78 is 0. The van der Waals surface area contributed by atoms with Crippen molar-refractivity contribution in [3.63, 3.8) is 0 Å². The van der Waals surface area contributed by atoms with Crippen LogP contribution in [0.15, 0.2) is 0 Å². The van der Waals surface area contributed by atoms with Gasteiger partial charge in [-0.25, -0.2) is 0 Å². The molecule has 2 aliphatic rings. The van der Waals surface area contributed by atoms with Crippen molar-refractivity contribution in [3.05, 3.63) is 0 Å². The van der Waals surface area contributed by atoms with Crippen LogP contribution in [0, 0.1) is 11.8 Å². The average Bonchev–Trinajstić information content (AvgIpc) is 2.70. The van der Waals surface area contributed by atoms with E-state index in [-0.39, 0.29) is 5.91 Å². The van der Waals surface area contributed by atoms with Gasteiger partial charge in [0.2, 0.25) is 5.91 Å². The molecule has 5 nitrogen and oxygen atoms in total. The Morgan fingerprint density at radius 1 is 1.09 bits per heavy atom. The van der Waals surface area contributed by atoms with E-state index in [4.69, 9.17) is 0 Å². The second-order valence-corrected chi connectivity index (χ2v) is 7.90. The van der Waals surface area contributed by atoms with Crippen molar-refractivity contribution in [2.75, 3.05) is 66.0 Å². The van der Waals surface area contributed by atoms with Crippen molar-refractivity contribution < 1.29 is 4.79 Å². The molecule has 0 aromatic heterocycles. The molecule has 2 aliphatic heterocycles.